The second-order valence-electron chi connectivity index (χ2n) is 9.99. The summed E-state index contributed by atoms with van der Waals surface area (Å²) in [6, 6.07) is 8.84. The van der Waals surface area contributed by atoms with Gasteiger partial charge in [0.1, 0.15) is 11.7 Å². The van der Waals surface area contributed by atoms with E-state index in [2.05, 4.69) is 20.6 Å². The fraction of sp³-hybridized carbons (Fsp3) is 0.500. The predicted molar refractivity (Wildman–Crippen MR) is 138 cm³/mol. The molecular weight excluding hydrogens is 474 g/mol. The average molecular weight is 508 g/mol. The first-order valence-electron chi connectivity index (χ1n) is 12.5. The van der Waals surface area contributed by atoms with Crippen molar-refractivity contribution in [2.75, 3.05) is 49.6 Å². The molecule has 11 heteroatoms. The number of nitriles is 1. The number of hydrogen-bond acceptors (Lipinski definition) is 9. The molecule has 2 saturated heterocycles. The summed E-state index contributed by atoms with van der Waals surface area (Å²) in [5, 5.41) is 16.1. The Morgan fingerprint density at radius 1 is 1.24 bits per heavy atom. The van der Waals surface area contributed by atoms with E-state index in [0.717, 1.165) is 19.4 Å². The molecule has 2 aliphatic heterocycles. The maximum Gasteiger partial charge on any atom is 0.416 e. The number of hydrogen-bond donors (Lipinski definition) is 2. The summed E-state index contributed by atoms with van der Waals surface area (Å²) in [6.45, 7) is 9.13. The molecule has 2 fully saturated rings. The standard InChI is InChI=1S/C26H33N7O4/c1-26(2,3)37-25(35)33(20-5-4-10-28-16-20)22-17-29-21(15-27)23(31-22)30-19-8-6-18(7-9-19)24(34)32-11-13-36-14-12-32/h6-9,17,20,28H,4-5,10-14,16H2,1-3H3,(H,30,31). The maximum atomic E-state index is 13.2. The van der Waals surface area contributed by atoms with Gasteiger partial charge in [0.25, 0.3) is 5.91 Å². The SMILES string of the molecule is CC(C)(C)OC(=O)N(c1cnc(C#N)c(Nc2ccc(C(=O)N3CCOCC3)cc2)n1)C1CCCNC1. The molecule has 0 radical (unpaired) electrons. The van der Waals surface area contributed by atoms with Crippen LogP contribution in [-0.2, 0) is 9.47 Å². The molecule has 0 spiro atoms. The first kappa shape index (κ1) is 26.3. The molecule has 37 heavy (non-hydrogen) atoms. The number of rotatable bonds is 5. The number of nitrogens with zero attached hydrogens (tertiary/aromatic N) is 5. The van der Waals surface area contributed by atoms with Crippen LogP contribution >= 0.6 is 0 Å². The lowest BCUT2D eigenvalue weighted by Gasteiger charge is -2.35. The van der Waals surface area contributed by atoms with Gasteiger partial charge in [0.05, 0.1) is 25.5 Å². The molecule has 196 valence electrons. The van der Waals surface area contributed by atoms with Gasteiger partial charge in [-0.2, -0.15) is 5.26 Å². The smallest absolute Gasteiger partial charge is 0.416 e. The van der Waals surface area contributed by atoms with Gasteiger partial charge in [0, 0.05) is 30.9 Å². The molecule has 1 unspecified atom stereocenters. The summed E-state index contributed by atoms with van der Waals surface area (Å²) in [5.74, 6) is 0.455. The highest BCUT2D eigenvalue weighted by molar-refractivity contribution is 5.94. The Bertz CT molecular complexity index is 1140. The molecule has 2 N–H and O–H groups in total. The van der Waals surface area contributed by atoms with Crippen LogP contribution in [0.1, 0.15) is 49.7 Å². The molecule has 2 aliphatic rings. The van der Waals surface area contributed by atoms with Gasteiger partial charge in [-0.25, -0.2) is 14.8 Å². The van der Waals surface area contributed by atoms with E-state index < -0.39 is 11.7 Å². The number of carbonyl (C=O) groups excluding carboxylic acids is 2. The van der Waals surface area contributed by atoms with Crippen molar-refractivity contribution >= 4 is 29.3 Å². The van der Waals surface area contributed by atoms with Gasteiger partial charge >= 0.3 is 6.09 Å². The minimum atomic E-state index is -0.682. The second kappa shape index (κ2) is 11.5. The van der Waals surface area contributed by atoms with Crippen LogP contribution in [0.25, 0.3) is 0 Å². The number of aromatic nitrogens is 2. The molecule has 0 saturated carbocycles. The van der Waals surface area contributed by atoms with E-state index in [-0.39, 0.29) is 23.5 Å². The Balaban J connectivity index is 1.57. The zero-order valence-electron chi connectivity index (χ0n) is 21.5. The van der Waals surface area contributed by atoms with E-state index in [0.29, 0.717) is 49.9 Å². The van der Waals surface area contributed by atoms with Gasteiger partial charge in [-0.3, -0.25) is 9.69 Å². The first-order valence-corrected chi connectivity index (χ1v) is 12.5. The van der Waals surface area contributed by atoms with Crippen molar-refractivity contribution in [3.8, 4) is 6.07 Å². The Kier molecular flexibility index (Phi) is 8.21. The highest BCUT2D eigenvalue weighted by Gasteiger charge is 2.32. The Labute approximate surface area is 216 Å². The van der Waals surface area contributed by atoms with Crippen molar-refractivity contribution in [3.63, 3.8) is 0 Å². The fourth-order valence-corrected chi connectivity index (χ4v) is 4.24. The number of benzene rings is 1. The molecule has 4 rings (SSSR count). The van der Waals surface area contributed by atoms with E-state index in [4.69, 9.17) is 9.47 Å². The van der Waals surface area contributed by atoms with E-state index >= 15 is 0 Å². The zero-order valence-corrected chi connectivity index (χ0v) is 21.5. The molecule has 2 aromatic rings. The quantitative estimate of drug-likeness (QED) is 0.626. The number of morpholine rings is 1. The lowest BCUT2D eigenvalue weighted by atomic mass is 10.1. The van der Waals surface area contributed by atoms with E-state index in [1.165, 1.54) is 11.1 Å². The van der Waals surface area contributed by atoms with Gasteiger partial charge < -0.3 is 25.0 Å². The summed E-state index contributed by atoms with van der Waals surface area (Å²) in [6.07, 6.45) is 2.60. The molecule has 2 amide bonds. The van der Waals surface area contributed by atoms with Gasteiger partial charge in [0.2, 0.25) is 0 Å². The van der Waals surface area contributed by atoms with Crippen LogP contribution in [0.15, 0.2) is 30.5 Å². The van der Waals surface area contributed by atoms with Crippen molar-refractivity contribution < 1.29 is 19.1 Å². The molecule has 1 aromatic carbocycles. The monoisotopic (exact) mass is 507 g/mol. The number of piperidine rings is 1. The molecule has 11 nitrogen and oxygen atoms in total. The minimum absolute atomic E-state index is 0.0524. The number of anilines is 3. The summed E-state index contributed by atoms with van der Waals surface area (Å²) >= 11 is 0. The minimum Gasteiger partial charge on any atom is -0.443 e. The average Bonchev–Trinajstić information content (AvgIpc) is 2.89. The van der Waals surface area contributed by atoms with Crippen LogP contribution < -0.4 is 15.5 Å². The van der Waals surface area contributed by atoms with Crippen molar-refractivity contribution in [1.29, 1.82) is 5.26 Å². The molecule has 3 heterocycles. The predicted octanol–water partition coefficient (Wildman–Crippen LogP) is 3.06. The van der Waals surface area contributed by atoms with Crippen LogP contribution in [0.4, 0.5) is 22.1 Å². The van der Waals surface area contributed by atoms with Gasteiger partial charge in [0.15, 0.2) is 17.3 Å². The molecule has 1 aromatic heterocycles. The summed E-state index contributed by atoms with van der Waals surface area (Å²) < 4.78 is 11.0. The molecule has 0 aliphatic carbocycles. The molecular formula is C26H33N7O4. The largest absolute Gasteiger partial charge is 0.443 e. The third-order valence-corrected chi connectivity index (χ3v) is 6.03. The topological polar surface area (TPSA) is 133 Å². The second-order valence-corrected chi connectivity index (χ2v) is 9.99. The summed E-state index contributed by atoms with van der Waals surface area (Å²) in [4.78, 5) is 38.1. The van der Waals surface area contributed by atoms with Gasteiger partial charge in [-0.1, -0.05) is 0 Å². The van der Waals surface area contributed by atoms with Crippen molar-refractivity contribution in [1.82, 2.24) is 20.2 Å². The lowest BCUT2D eigenvalue weighted by Crippen LogP contribution is -2.50. The zero-order chi connectivity index (χ0) is 26.4. The van der Waals surface area contributed by atoms with Gasteiger partial charge in [-0.15, -0.1) is 0 Å². The molecule has 0 bridgehead atoms. The highest BCUT2D eigenvalue weighted by Crippen LogP contribution is 2.26. The van der Waals surface area contributed by atoms with Crippen molar-refractivity contribution in [2.24, 2.45) is 0 Å². The third kappa shape index (κ3) is 6.72. The van der Waals surface area contributed by atoms with Crippen molar-refractivity contribution in [2.45, 2.75) is 45.3 Å². The molecule has 1 atom stereocenters. The Hall–Kier alpha value is -3.75. The van der Waals surface area contributed by atoms with E-state index in [9.17, 15) is 14.9 Å². The summed E-state index contributed by atoms with van der Waals surface area (Å²) in [7, 11) is 0. The summed E-state index contributed by atoms with van der Waals surface area (Å²) in [5.41, 5.74) is 0.598. The van der Waals surface area contributed by atoms with Crippen LogP contribution in [-0.4, -0.2) is 77.9 Å². The van der Waals surface area contributed by atoms with Crippen molar-refractivity contribution in [3.05, 3.63) is 41.7 Å². The maximum absolute atomic E-state index is 13.2. The first-order chi connectivity index (χ1) is 17.7. The number of ether oxygens (including phenoxy) is 2. The van der Waals surface area contributed by atoms with Crippen LogP contribution in [0, 0.1) is 11.3 Å². The number of amides is 2. The number of nitrogens with one attached hydrogen (secondary N) is 2. The highest BCUT2D eigenvalue weighted by atomic mass is 16.6. The number of carbonyl (C=O) groups is 2. The van der Waals surface area contributed by atoms with Crippen LogP contribution in [0.2, 0.25) is 0 Å². The lowest BCUT2D eigenvalue weighted by molar-refractivity contribution is 0.0303. The van der Waals surface area contributed by atoms with Crippen LogP contribution in [0.5, 0.6) is 0 Å². The Morgan fingerprint density at radius 3 is 2.59 bits per heavy atom. The fourth-order valence-electron chi connectivity index (χ4n) is 4.24. The Morgan fingerprint density at radius 2 is 1.97 bits per heavy atom. The third-order valence-electron chi connectivity index (χ3n) is 6.03. The van der Waals surface area contributed by atoms with Crippen LogP contribution in [0.3, 0.4) is 0 Å². The normalized spacial score (nSPS) is 18.0. The van der Waals surface area contributed by atoms with E-state index in [1.807, 2.05) is 26.8 Å². The van der Waals surface area contributed by atoms with Gasteiger partial charge in [-0.05, 0) is 64.4 Å². The van der Waals surface area contributed by atoms with E-state index in [1.54, 1.807) is 29.2 Å².